The molecule has 3 aliphatic heterocycles. The Labute approximate surface area is 107 Å². The number of fused-ring (bicyclic) bond motifs is 5. The quantitative estimate of drug-likeness (QED) is 0.819. The Balaban J connectivity index is 1.41. The summed E-state index contributed by atoms with van der Waals surface area (Å²) in [6.07, 6.45) is 3.14. The molecule has 3 fully saturated rings. The Bertz CT molecular complexity index is 419. The van der Waals surface area contributed by atoms with E-state index in [0.29, 0.717) is 30.7 Å². The summed E-state index contributed by atoms with van der Waals surface area (Å²) in [7, 11) is 0. The first-order valence-electron chi connectivity index (χ1n) is 6.84. The van der Waals surface area contributed by atoms with Gasteiger partial charge >= 0.3 is 0 Å². The predicted octanol–water partition coefficient (Wildman–Crippen LogP) is 2.35. The molecule has 1 aromatic rings. The molecule has 0 spiro atoms. The minimum atomic E-state index is -0.0643. The van der Waals surface area contributed by atoms with Crippen LogP contribution in [0.5, 0.6) is 0 Å². The van der Waals surface area contributed by atoms with E-state index in [1.807, 2.05) is 18.2 Å². The van der Waals surface area contributed by atoms with Gasteiger partial charge in [0.05, 0.1) is 25.4 Å². The Morgan fingerprint density at radius 3 is 2.83 bits per heavy atom. The molecule has 4 unspecified atom stereocenters. The highest BCUT2D eigenvalue weighted by Gasteiger charge is 2.56. The molecule has 0 N–H and O–H groups in total. The van der Waals surface area contributed by atoms with Crippen LogP contribution < -0.4 is 0 Å². The molecule has 3 nitrogen and oxygen atoms in total. The number of rotatable bonds is 3. The van der Waals surface area contributed by atoms with Gasteiger partial charge in [-0.25, -0.2) is 0 Å². The van der Waals surface area contributed by atoms with Crippen LogP contribution >= 0.6 is 0 Å². The van der Waals surface area contributed by atoms with Gasteiger partial charge in [0.25, 0.3) is 0 Å². The maximum absolute atomic E-state index is 5.96. The number of hydrogen-bond donors (Lipinski definition) is 0. The van der Waals surface area contributed by atoms with Gasteiger partial charge in [-0.15, -0.1) is 0 Å². The number of benzene rings is 1. The normalized spacial score (nSPS) is 41.2. The van der Waals surface area contributed by atoms with Gasteiger partial charge in [-0.05, 0) is 18.4 Å². The second-order valence-electron chi connectivity index (χ2n) is 5.53. The molecule has 3 saturated heterocycles. The fraction of sp³-hybridized carbons (Fsp3) is 0.600. The topological polar surface area (TPSA) is 27.7 Å². The fourth-order valence-electron chi connectivity index (χ4n) is 3.64. The molecule has 0 saturated carbocycles. The molecular weight excluding hydrogens is 228 g/mol. The number of hydrogen-bond acceptors (Lipinski definition) is 3. The zero-order valence-corrected chi connectivity index (χ0v) is 10.3. The summed E-state index contributed by atoms with van der Waals surface area (Å²) < 4.78 is 17.7. The van der Waals surface area contributed by atoms with E-state index in [2.05, 4.69) is 12.1 Å². The van der Waals surface area contributed by atoms with Crippen LogP contribution in [0.1, 0.15) is 18.4 Å². The summed E-state index contributed by atoms with van der Waals surface area (Å²) in [5.41, 5.74) is 1.20. The molecule has 18 heavy (non-hydrogen) atoms. The van der Waals surface area contributed by atoms with E-state index in [1.54, 1.807) is 0 Å². The third-order valence-corrected chi connectivity index (χ3v) is 4.51. The van der Waals surface area contributed by atoms with Gasteiger partial charge in [-0.3, -0.25) is 0 Å². The average molecular weight is 246 g/mol. The largest absolute Gasteiger partial charge is 0.374 e. The standard InChI is InChI=1S/C15H18O3/c1-2-4-10(5-3-1)8-16-15-14-11(9-17-15)12-6-7-13(14)18-12/h1-5,11-15H,6-9H2/t11-,12?,13?,14?,15?/m0/s1. The van der Waals surface area contributed by atoms with E-state index in [4.69, 9.17) is 14.2 Å². The van der Waals surface area contributed by atoms with E-state index < -0.39 is 0 Å². The second kappa shape index (κ2) is 4.34. The van der Waals surface area contributed by atoms with Gasteiger partial charge in [0.2, 0.25) is 0 Å². The molecule has 5 atom stereocenters. The van der Waals surface area contributed by atoms with Crippen molar-refractivity contribution in [1.82, 2.24) is 0 Å². The Kier molecular flexibility index (Phi) is 2.64. The molecule has 0 radical (unpaired) electrons. The molecule has 96 valence electrons. The maximum atomic E-state index is 5.96. The summed E-state index contributed by atoms with van der Waals surface area (Å²) >= 11 is 0. The third-order valence-electron chi connectivity index (χ3n) is 4.51. The van der Waals surface area contributed by atoms with E-state index in [1.165, 1.54) is 18.4 Å². The SMILES string of the molecule is c1ccc(COC2OC[C@H]3C4CCC(O4)C23)cc1. The van der Waals surface area contributed by atoms with Crippen molar-refractivity contribution in [3.05, 3.63) is 35.9 Å². The van der Waals surface area contributed by atoms with Crippen molar-refractivity contribution in [1.29, 1.82) is 0 Å². The molecule has 0 aromatic heterocycles. The van der Waals surface area contributed by atoms with Crippen LogP contribution in [0.4, 0.5) is 0 Å². The molecule has 3 heteroatoms. The lowest BCUT2D eigenvalue weighted by atomic mass is 9.81. The van der Waals surface area contributed by atoms with Crippen LogP contribution in [0.25, 0.3) is 0 Å². The van der Waals surface area contributed by atoms with Crippen LogP contribution in [-0.4, -0.2) is 25.1 Å². The van der Waals surface area contributed by atoms with Crippen molar-refractivity contribution in [2.75, 3.05) is 6.61 Å². The average Bonchev–Trinajstić information content (AvgIpc) is 3.11. The Hall–Kier alpha value is -0.900. The lowest BCUT2D eigenvalue weighted by Gasteiger charge is -2.23. The molecule has 3 aliphatic rings. The monoisotopic (exact) mass is 246 g/mol. The van der Waals surface area contributed by atoms with Gasteiger partial charge < -0.3 is 14.2 Å². The van der Waals surface area contributed by atoms with Crippen LogP contribution in [0, 0.1) is 11.8 Å². The van der Waals surface area contributed by atoms with Gasteiger partial charge in [-0.2, -0.15) is 0 Å². The first kappa shape index (κ1) is 11.0. The Morgan fingerprint density at radius 1 is 1.11 bits per heavy atom. The highest BCUT2D eigenvalue weighted by atomic mass is 16.7. The molecule has 0 amide bonds. The van der Waals surface area contributed by atoms with Crippen molar-refractivity contribution < 1.29 is 14.2 Å². The van der Waals surface area contributed by atoms with Crippen molar-refractivity contribution in [2.45, 2.75) is 37.9 Å². The minimum absolute atomic E-state index is 0.0643. The van der Waals surface area contributed by atoms with Crippen molar-refractivity contribution >= 4 is 0 Å². The van der Waals surface area contributed by atoms with Crippen molar-refractivity contribution in [3.63, 3.8) is 0 Å². The van der Waals surface area contributed by atoms with Gasteiger partial charge in [-0.1, -0.05) is 30.3 Å². The molecule has 1 aromatic carbocycles. The second-order valence-corrected chi connectivity index (χ2v) is 5.53. The van der Waals surface area contributed by atoms with Crippen LogP contribution in [0.2, 0.25) is 0 Å². The zero-order valence-electron chi connectivity index (χ0n) is 10.3. The van der Waals surface area contributed by atoms with Crippen LogP contribution in [0.3, 0.4) is 0 Å². The van der Waals surface area contributed by atoms with E-state index in [-0.39, 0.29) is 6.29 Å². The molecule has 4 rings (SSSR count). The minimum Gasteiger partial charge on any atom is -0.374 e. The third kappa shape index (κ3) is 1.69. The highest BCUT2D eigenvalue weighted by molar-refractivity contribution is 5.13. The van der Waals surface area contributed by atoms with E-state index in [9.17, 15) is 0 Å². The predicted molar refractivity (Wildman–Crippen MR) is 65.8 cm³/mol. The summed E-state index contributed by atoms with van der Waals surface area (Å²) in [5.74, 6) is 1.04. The summed E-state index contributed by atoms with van der Waals surface area (Å²) in [4.78, 5) is 0. The smallest absolute Gasteiger partial charge is 0.163 e. The van der Waals surface area contributed by atoms with E-state index in [0.717, 1.165) is 6.61 Å². The number of ether oxygens (including phenoxy) is 3. The zero-order chi connectivity index (χ0) is 11.9. The molecule has 0 aliphatic carbocycles. The highest BCUT2D eigenvalue weighted by Crippen LogP contribution is 2.49. The maximum Gasteiger partial charge on any atom is 0.163 e. The first-order valence-corrected chi connectivity index (χ1v) is 6.84. The van der Waals surface area contributed by atoms with Crippen LogP contribution in [-0.2, 0) is 20.8 Å². The lowest BCUT2D eigenvalue weighted by molar-refractivity contribution is -0.153. The van der Waals surface area contributed by atoms with Crippen molar-refractivity contribution in [3.8, 4) is 0 Å². The molecular formula is C15H18O3. The first-order chi connectivity index (χ1) is 8.92. The molecule has 3 heterocycles. The fourth-order valence-corrected chi connectivity index (χ4v) is 3.64. The summed E-state index contributed by atoms with van der Waals surface area (Å²) in [6, 6.07) is 10.3. The van der Waals surface area contributed by atoms with E-state index >= 15 is 0 Å². The summed E-state index contributed by atoms with van der Waals surface area (Å²) in [5, 5.41) is 0. The van der Waals surface area contributed by atoms with Crippen molar-refractivity contribution in [2.24, 2.45) is 11.8 Å². The van der Waals surface area contributed by atoms with Gasteiger partial charge in [0.15, 0.2) is 6.29 Å². The van der Waals surface area contributed by atoms with Gasteiger partial charge in [0.1, 0.15) is 0 Å². The van der Waals surface area contributed by atoms with Gasteiger partial charge in [0, 0.05) is 11.8 Å². The molecule has 2 bridgehead atoms. The lowest BCUT2D eigenvalue weighted by Crippen LogP contribution is -2.32. The summed E-state index contributed by atoms with van der Waals surface area (Å²) in [6.45, 7) is 1.44. The van der Waals surface area contributed by atoms with Crippen LogP contribution in [0.15, 0.2) is 30.3 Å². The Morgan fingerprint density at radius 2 is 1.94 bits per heavy atom.